The predicted octanol–water partition coefficient (Wildman–Crippen LogP) is 4.77. The van der Waals surface area contributed by atoms with Crippen molar-refractivity contribution in [2.45, 2.75) is 19.0 Å². The van der Waals surface area contributed by atoms with Gasteiger partial charge in [0.15, 0.2) is 5.11 Å². The Morgan fingerprint density at radius 1 is 0.971 bits per heavy atom. The highest BCUT2D eigenvalue weighted by Crippen LogP contribution is 2.46. The second kappa shape index (κ2) is 9.15. The average molecular weight is 472 g/mol. The Bertz CT molecular complexity index is 1310. The molecule has 1 saturated heterocycles. The Hall–Kier alpha value is -3.91. The van der Waals surface area contributed by atoms with E-state index in [9.17, 15) is 0 Å². The van der Waals surface area contributed by atoms with E-state index in [4.69, 9.17) is 21.7 Å². The zero-order valence-corrected chi connectivity index (χ0v) is 20.0. The van der Waals surface area contributed by atoms with Crippen LogP contribution in [0.5, 0.6) is 11.5 Å². The van der Waals surface area contributed by atoms with Crippen LogP contribution in [0.4, 0.5) is 5.69 Å². The van der Waals surface area contributed by atoms with E-state index in [1.165, 1.54) is 0 Å². The Morgan fingerprint density at radius 3 is 2.56 bits per heavy atom. The van der Waals surface area contributed by atoms with Gasteiger partial charge in [-0.2, -0.15) is 0 Å². The molecule has 2 atom stereocenters. The number of hydrogen-bond donors (Lipinski definition) is 1. The van der Waals surface area contributed by atoms with Crippen molar-refractivity contribution in [2.24, 2.45) is 0 Å². The Kier molecular flexibility index (Phi) is 5.90. The highest BCUT2D eigenvalue weighted by atomic mass is 32.1. The normalized spacial score (nSPS) is 17.5. The molecule has 0 bridgehead atoms. The van der Waals surface area contributed by atoms with Gasteiger partial charge in [-0.15, -0.1) is 0 Å². The number of hydrogen-bond acceptors (Lipinski definition) is 5. The molecule has 0 radical (unpaired) electrons. The van der Waals surface area contributed by atoms with Crippen LogP contribution in [0.25, 0.3) is 5.69 Å². The number of ether oxygens (including phenoxy) is 2. The van der Waals surface area contributed by atoms with Crippen LogP contribution < -0.4 is 19.7 Å². The van der Waals surface area contributed by atoms with E-state index in [0.29, 0.717) is 16.6 Å². The maximum atomic E-state index is 5.89. The van der Waals surface area contributed by atoms with E-state index >= 15 is 0 Å². The number of benzene rings is 1. The summed E-state index contributed by atoms with van der Waals surface area (Å²) in [7, 11) is 3.29. The van der Waals surface area contributed by atoms with Gasteiger partial charge in [0.05, 0.1) is 43.5 Å². The molecular weight excluding hydrogens is 446 g/mol. The van der Waals surface area contributed by atoms with Crippen molar-refractivity contribution in [3.05, 3.63) is 96.3 Å². The average Bonchev–Trinajstić information content (AvgIpc) is 3.43. The van der Waals surface area contributed by atoms with Crippen molar-refractivity contribution < 1.29 is 9.47 Å². The fraction of sp³-hybridized carbons (Fsp3) is 0.192. The van der Waals surface area contributed by atoms with Crippen molar-refractivity contribution in [3.63, 3.8) is 0 Å². The molecule has 1 aliphatic heterocycles. The quantitative estimate of drug-likeness (QED) is 0.407. The maximum absolute atomic E-state index is 5.89. The molecule has 0 spiro atoms. The van der Waals surface area contributed by atoms with E-state index in [0.717, 1.165) is 28.5 Å². The van der Waals surface area contributed by atoms with Crippen LogP contribution >= 0.6 is 12.2 Å². The van der Waals surface area contributed by atoms with E-state index in [1.807, 2.05) is 48.7 Å². The van der Waals surface area contributed by atoms with Crippen LogP contribution in [0.15, 0.2) is 79.3 Å². The molecule has 5 rings (SSSR count). The van der Waals surface area contributed by atoms with Crippen LogP contribution in [-0.4, -0.2) is 33.9 Å². The molecule has 1 aromatic carbocycles. The Balaban J connectivity index is 1.72. The molecule has 1 N–H and O–H groups in total. The lowest BCUT2D eigenvalue weighted by molar-refractivity contribution is 0.394. The monoisotopic (exact) mass is 471 g/mol. The fourth-order valence-corrected chi connectivity index (χ4v) is 4.87. The number of aryl methyl sites for hydroxylation is 1. The second-order valence-corrected chi connectivity index (χ2v) is 8.37. The zero-order valence-electron chi connectivity index (χ0n) is 19.2. The van der Waals surface area contributed by atoms with E-state index < -0.39 is 0 Å². The van der Waals surface area contributed by atoms with Gasteiger partial charge in [0.2, 0.25) is 0 Å². The number of aromatic nitrogens is 3. The third-order valence-corrected chi connectivity index (χ3v) is 6.37. The number of methoxy groups -OCH3 is 2. The lowest BCUT2D eigenvalue weighted by Gasteiger charge is -2.30. The molecule has 7 nitrogen and oxygen atoms in total. The highest BCUT2D eigenvalue weighted by Gasteiger charge is 2.43. The predicted molar refractivity (Wildman–Crippen MR) is 136 cm³/mol. The smallest absolute Gasteiger partial charge is 0.174 e. The highest BCUT2D eigenvalue weighted by molar-refractivity contribution is 7.80. The number of pyridine rings is 2. The SMILES string of the molecule is COc1ccc(N2C(=S)N[C@@H](c3ccccn3)[C@@H]2c2ccc(C)n2-c2cccnc2)c(OC)c1. The summed E-state index contributed by atoms with van der Waals surface area (Å²) in [5.41, 5.74) is 4.90. The van der Waals surface area contributed by atoms with Gasteiger partial charge in [-0.1, -0.05) is 6.07 Å². The molecule has 4 aromatic rings. The molecule has 1 aliphatic rings. The first-order valence-electron chi connectivity index (χ1n) is 10.9. The minimum absolute atomic E-state index is 0.176. The molecule has 172 valence electrons. The van der Waals surface area contributed by atoms with Crippen LogP contribution in [0.2, 0.25) is 0 Å². The van der Waals surface area contributed by atoms with Crippen molar-refractivity contribution >= 4 is 23.0 Å². The number of nitrogens with one attached hydrogen (secondary N) is 1. The lowest BCUT2D eigenvalue weighted by Crippen LogP contribution is -2.30. The Labute approximate surface area is 204 Å². The van der Waals surface area contributed by atoms with E-state index in [1.54, 1.807) is 26.6 Å². The number of anilines is 1. The molecule has 4 heterocycles. The van der Waals surface area contributed by atoms with Crippen LogP contribution in [0, 0.1) is 6.92 Å². The molecule has 0 aliphatic carbocycles. The third kappa shape index (κ3) is 3.76. The summed E-state index contributed by atoms with van der Waals surface area (Å²) in [5, 5.41) is 4.11. The first kappa shape index (κ1) is 21.9. The minimum atomic E-state index is -0.196. The van der Waals surface area contributed by atoms with Crippen LogP contribution in [0.1, 0.15) is 29.2 Å². The fourth-order valence-electron chi connectivity index (χ4n) is 4.53. The zero-order chi connectivity index (χ0) is 23.7. The minimum Gasteiger partial charge on any atom is -0.497 e. The summed E-state index contributed by atoms with van der Waals surface area (Å²) in [5.74, 6) is 1.39. The number of nitrogens with zero attached hydrogens (tertiary/aromatic N) is 4. The summed E-state index contributed by atoms with van der Waals surface area (Å²) in [4.78, 5) is 11.1. The second-order valence-electron chi connectivity index (χ2n) is 7.98. The van der Waals surface area contributed by atoms with Crippen molar-refractivity contribution in [3.8, 4) is 17.2 Å². The molecule has 1 fully saturated rings. The molecule has 0 amide bonds. The summed E-state index contributed by atoms with van der Waals surface area (Å²) in [6.45, 7) is 2.09. The first-order valence-corrected chi connectivity index (χ1v) is 11.3. The van der Waals surface area contributed by atoms with Gasteiger partial charge in [-0.05, 0) is 67.7 Å². The molecule has 34 heavy (non-hydrogen) atoms. The van der Waals surface area contributed by atoms with Crippen molar-refractivity contribution in [1.82, 2.24) is 19.9 Å². The summed E-state index contributed by atoms with van der Waals surface area (Å²) in [6.07, 6.45) is 5.45. The van der Waals surface area contributed by atoms with Gasteiger partial charge in [-0.25, -0.2) is 0 Å². The maximum Gasteiger partial charge on any atom is 0.174 e. The van der Waals surface area contributed by atoms with Crippen molar-refractivity contribution in [1.29, 1.82) is 0 Å². The molecule has 3 aromatic heterocycles. The van der Waals surface area contributed by atoms with Gasteiger partial charge >= 0.3 is 0 Å². The topological polar surface area (TPSA) is 64.4 Å². The van der Waals surface area contributed by atoms with Gasteiger partial charge in [0, 0.05) is 29.8 Å². The van der Waals surface area contributed by atoms with Crippen LogP contribution in [0.3, 0.4) is 0 Å². The van der Waals surface area contributed by atoms with E-state index in [2.05, 4.69) is 49.9 Å². The number of thiocarbonyl (C=S) groups is 1. The Morgan fingerprint density at radius 2 is 1.85 bits per heavy atom. The largest absolute Gasteiger partial charge is 0.497 e. The molecule has 0 unspecified atom stereocenters. The van der Waals surface area contributed by atoms with Gasteiger partial charge in [0.25, 0.3) is 0 Å². The van der Waals surface area contributed by atoms with Crippen molar-refractivity contribution in [2.75, 3.05) is 19.1 Å². The first-order chi connectivity index (χ1) is 16.6. The summed E-state index contributed by atoms with van der Waals surface area (Å²) >= 11 is 5.89. The van der Waals surface area contributed by atoms with Gasteiger partial charge < -0.3 is 24.3 Å². The van der Waals surface area contributed by atoms with Crippen LogP contribution in [-0.2, 0) is 0 Å². The van der Waals surface area contributed by atoms with Gasteiger partial charge in [-0.3, -0.25) is 9.97 Å². The summed E-state index contributed by atoms with van der Waals surface area (Å²) in [6, 6.07) is 19.6. The molecule has 0 saturated carbocycles. The molecular formula is C26H25N5O2S. The van der Waals surface area contributed by atoms with E-state index in [-0.39, 0.29) is 12.1 Å². The standard InChI is InChI=1S/C26H25N5O2S/c1-17-9-11-22(30(17)18-7-6-13-27-16-18)25-24(20-8-4-5-14-28-20)29-26(34)31(25)21-12-10-19(32-2)15-23(21)33-3/h4-16,24-25H,1-3H3,(H,29,34)/t24-,25-/m0/s1. The third-order valence-electron chi connectivity index (χ3n) is 6.06. The number of rotatable bonds is 6. The van der Waals surface area contributed by atoms with Gasteiger partial charge in [0.1, 0.15) is 17.5 Å². The summed E-state index contributed by atoms with van der Waals surface area (Å²) < 4.78 is 13.4. The molecule has 8 heteroatoms. The lowest BCUT2D eigenvalue weighted by atomic mass is 10.0.